The summed E-state index contributed by atoms with van der Waals surface area (Å²) in [7, 11) is 1.64. The quantitative estimate of drug-likeness (QED) is 0.785. The molecule has 3 heterocycles. The fourth-order valence-electron chi connectivity index (χ4n) is 4.09. The number of para-hydroxylation sites is 1. The lowest BCUT2D eigenvalue weighted by atomic mass is 9.85. The summed E-state index contributed by atoms with van der Waals surface area (Å²) in [6, 6.07) is 7.35. The minimum atomic E-state index is -0.439. The van der Waals surface area contributed by atoms with E-state index in [0.29, 0.717) is 43.9 Å². The molecule has 2 aliphatic heterocycles. The van der Waals surface area contributed by atoms with Crippen LogP contribution in [-0.4, -0.2) is 76.3 Å². The predicted octanol–water partition coefficient (Wildman–Crippen LogP) is 0.978. The molecule has 142 valence electrons. The highest BCUT2D eigenvalue weighted by atomic mass is 16.5. The Bertz CT molecular complexity index is 838. The van der Waals surface area contributed by atoms with Crippen LogP contribution in [0.2, 0.25) is 0 Å². The Morgan fingerprint density at radius 3 is 2.85 bits per heavy atom. The first-order valence-electron chi connectivity index (χ1n) is 9.16. The van der Waals surface area contributed by atoms with Crippen molar-refractivity contribution in [1.29, 1.82) is 0 Å². The average Bonchev–Trinajstić information content (AvgIpc) is 3.43. The van der Waals surface area contributed by atoms with Gasteiger partial charge < -0.3 is 14.5 Å². The van der Waals surface area contributed by atoms with Crippen molar-refractivity contribution >= 4 is 11.8 Å². The third-order valence-electron chi connectivity index (χ3n) is 5.61. The zero-order valence-electron chi connectivity index (χ0n) is 15.4. The number of nitrogens with zero attached hydrogens (tertiary/aromatic N) is 5. The zero-order valence-corrected chi connectivity index (χ0v) is 15.4. The molecule has 2 amide bonds. The fraction of sp³-hybridized carbons (Fsp3) is 0.474. The fourth-order valence-corrected chi connectivity index (χ4v) is 4.09. The second-order valence-electron chi connectivity index (χ2n) is 7.15. The number of methoxy groups -OCH3 is 1. The lowest BCUT2D eigenvalue weighted by Crippen LogP contribution is -2.39. The number of amides is 2. The summed E-state index contributed by atoms with van der Waals surface area (Å²) in [5.74, 6) is 0.0838. The molecule has 0 aliphatic carbocycles. The van der Waals surface area contributed by atoms with Crippen LogP contribution in [0.3, 0.4) is 0 Å². The minimum absolute atomic E-state index is 0.0684. The molecule has 1 aromatic carbocycles. The SMILES string of the molecule is COCCN1CCC2(CCN(C(=O)c3ccccc3-n3cncn3)C2)C1=O. The van der Waals surface area contributed by atoms with Crippen LogP contribution in [0.15, 0.2) is 36.9 Å². The van der Waals surface area contributed by atoms with Crippen LogP contribution in [0.25, 0.3) is 5.69 Å². The molecule has 0 N–H and O–H groups in total. The summed E-state index contributed by atoms with van der Waals surface area (Å²) in [5.41, 5.74) is 0.827. The van der Waals surface area contributed by atoms with Gasteiger partial charge in [-0.1, -0.05) is 12.1 Å². The summed E-state index contributed by atoms with van der Waals surface area (Å²) in [5, 5.41) is 4.14. The van der Waals surface area contributed by atoms with Gasteiger partial charge in [-0.05, 0) is 25.0 Å². The molecule has 2 aliphatic rings. The summed E-state index contributed by atoms with van der Waals surface area (Å²) in [6.07, 6.45) is 4.53. The summed E-state index contributed by atoms with van der Waals surface area (Å²) in [4.78, 5) is 33.7. The molecule has 4 rings (SSSR count). The topological polar surface area (TPSA) is 80.6 Å². The highest BCUT2D eigenvalue weighted by Gasteiger charge is 2.51. The first-order valence-corrected chi connectivity index (χ1v) is 9.16. The Balaban J connectivity index is 1.52. The molecule has 1 atom stereocenters. The molecule has 0 saturated carbocycles. The molecule has 27 heavy (non-hydrogen) atoms. The zero-order chi connectivity index (χ0) is 18.9. The van der Waals surface area contributed by atoms with Gasteiger partial charge in [0.05, 0.1) is 23.3 Å². The van der Waals surface area contributed by atoms with E-state index in [1.165, 1.54) is 6.33 Å². The molecule has 2 fully saturated rings. The summed E-state index contributed by atoms with van der Waals surface area (Å²) < 4.78 is 6.69. The Kier molecular flexibility index (Phi) is 4.65. The van der Waals surface area contributed by atoms with Crippen LogP contribution in [0, 0.1) is 5.41 Å². The molecule has 8 heteroatoms. The summed E-state index contributed by atoms with van der Waals surface area (Å²) in [6.45, 7) is 2.95. The van der Waals surface area contributed by atoms with Gasteiger partial charge in [0.25, 0.3) is 5.91 Å². The predicted molar refractivity (Wildman–Crippen MR) is 97.4 cm³/mol. The normalized spacial score (nSPS) is 22.2. The molecule has 1 spiro atoms. The number of likely N-dealkylation sites (tertiary alicyclic amines) is 2. The maximum Gasteiger partial charge on any atom is 0.256 e. The number of hydrogen-bond donors (Lipinski definition) is 0. The van der Waals surface area contributed by atoms with E-state index in [4.69, 9.17) is 4.74 Å². The maximum absolute atomic E-state index is 13.2. The van der Waals surface area contributed by atoms with Crippen molar-refractivity contribution in [3.63, 3.8) is 0 Å². The van der Waals surface area contributed by atoms with Gasteiger partial charge in [0.2, 0.25) is 5.91 Å². The van der Waals surface area contributed by atoms with Gasteiger partial charge in [0.1, 0.15) is 12.7 Å². The van der Waals surface area contributed by atoms with Crippen molar-refractivity contribution < 1.29 is 14.3 Å². The molecular weight excluding hydrogens is 346 g/mol. The minimum Gasteiger partial charge on any atom is -0.383 e. The van der Waals surface area contributed by atoms with Gasteiger partial charge >= 0.3 is 0 Å². The molecular formula is C19H23N5O3. The number of benzene rings is 1. The van der Waals surface area contributed by atoms with E-state index in [9.17, 15) is 9.59 Å². The number of ether oxygens (including phenoxy) is 1. The Hall–Kier alpha value is -2.74. The lowest BCUT2D eigenvalue weighted by Gasteiger charge is -2.24. The van der Waals surface area contributed by atoms with Gasteiger partial charge in [-0.3, -0.25) is 9.59 Å². The molecule has 2 saturated heterocycles. The van der Waals surface area contributed by atoms with Crippen LogP contribution in [0.1, 0.15) is 23.2 Å². The first kappa shape index (κ1) is 17.7. The number of hydrogen-bond acceptors (Lipinski definition) is 5. The number of aromatic nitrogens is 3. The van der Waals surface area contributed by atoms with E-state index >= 15 is 0 Å². The largest absolute Gasteiger partial charge is 0.383 e. The van der Waals surface area contributed by atoms with Gasteiger partial charge in [-0.15, -0.1) is 0 Å². The van der Waals surface area contributed by atoms with Crippen LogP contribution in [0.5, 0.6) is 0 Å². The van der Waals surface area contributed by atoms with Crippen molar-refractivity contribution in [2.45, 2.75) is 12.8 Å². The second-order valence-corrected chi connectivity index (χ2v) is 7.15. The van der Waals surface area contributed by atoms with Crippen molar-refractivity contribution in [3.8, 4) is 5.69 Å². The van der Waals surface area contributed by atoms with Gasteiger partial charge in [-0.2, -0.15) is 5.10 Å². The molecule has 2 aromatic rings. The van der Waals surface area contributed by atoms with Crippen molar-refractivity contribution in [3.05, 3.63) is 42.5 Å². The van der Waals surface area contributed by atoms with Crippen molar-refractivity contribution in [2.24, 2.45) is 5.41 Å². The van der Waals surface area contributed by atoms with E-state index in [2.05, 4.69) is 10.1 Å². The average molecular weight is 369 g/mol. The second kappa shape index (κ2) is 7.11. The van der Waals surface area contributed by atoms with Crippen molar-refractivity contribution in [1.82, 2.24) is 24.6 Å². The Morgan fingerprint density at radius 1 is 1.26 bits per heavy atom. The van der Waals surface area contributed by atoms with E-state index in [1.807, 2.05) is 23.1 Å². The maximum atomic E-state index is 13.2. The van der Waals surface area contributed by atoms with Crippen LogP contribution in [-0.2, 0) is 9.53 Å². The third-order valence-corrected chi connectivity index (χ3v) is 5.61. The smallest absolute Gasteiger partial charge is 0.256 e. The molecule has 1 unspecified atom stereocenters. The number of carbonyl (C=O) groups is 2. The highest BCUT2D eigenvalue weighted by molar-refractivity contribution is 5.98. The van der Waals surface area contributed by atoms with E-state index < -0.39 is 5.41 Å². The van der Waals surface area contributed by atoms with E-state index in [-0.39, 0.29) is 11.8 Å². The van der Waals surface area contributed by atoms with E-state index in [0.717, 1.165) is 13.0 Å². The van der Waals surface area contributed by atoms with Crippen LogP contribution in [0.4, 0.5) is 0 Å². The van der Waals surface area contributed by atoms with Gasteiger partial charge in [-0.25, -0.2) is 9.67 Å². The Labute approximate surface area is 157 Å². The number of carbonyl (C=O) groups excluding carboxylic acids is 2. The molecule has 0 bridgehead atoms. The van der Waals surface area contributed by atoms with Crippen LogP contribution >= 0.6 is 0 Å². The lowest BCUT2D eigenvalue weighted by molar-refractivity contribution is -0.135. The monoisotopic (exact) mass is 369 g/mol. The standard InChI is InChI=1S/C19H23N5O3/c1-27-11-10-22-8-6-19(18(22)26)7-9-23(12-19)17(25)15-4-2-3-5-16(15)24-14-20-13-21-24/h2-5,13-14H,6-12H2,1H3. The van der Waals surface area contributed by atoms with Crippen LogP contribution < -0.4 is 0 Å². The number of rotatable bonds is 5. The first-order chi connectivity index (χ1) is 13.1. The molecule has 8 nitrogen and oxygen atoms in total. The van der Waals surface area contributed by atoms with Crippen molar-refractivity contribution in [2.75, 3.05) is 39.9 Å². The Morgan fingerprint density at radius 2 is 2.07 bits per heavy atom. The van der Waals surface area contributed by atoms with E-state index in [1.54, 1.807) is 29.1 Å². The third kappa shape index (κ3) is 3.10. The highest BCUT2D eigenvalue weighted by Crippen LogP contribution is 2.41. The van der Waals surface area contributed by atoms with Gasteiger partial charge in [0.15, 0.2) is 0 Å². The molecule has 0 radical (unpaired) electrons. The molecule has 1 aromatic heterocycles. The summed E-state index contributed by atoms with van der Waals surface area (Å²) >= 11 is 0. The van der Waals surface area contributed by atoms with Gasteiger partial charge in [0, 0.05) is 33.3 Å².